The SMILES string of the molecule is O=C(c1cc(-c2ccco2)nn1-c1ccccc1)N1CCC(NS(=O)(=O)c2ccccc2)CC1. The number of hydrogen-bond donors (Lipinski definition) is 1. The number of rotatable bonds is 6. The molecule has 2 aromatic carbocycles. The number of piperidine rings is 1. The van der Waals surface area contributed by atoms with Gasteiger partial charge in [-0.25, -0.2) is 17.8 Å². The van der Waals surface area contributed by atoms with Gasteiger partial charge in [0, 0.05) is 25.2 Å². The third-order valence-corrected chi connectivity index (χ3v) is 7.40. The third-order valence-electron chi connectivity index (χ3n) is 5.86. The number of nitrogens with zero attached hydrogens (tertiary/aromatic N) is 3. The Balaban J connectivity index is 1.33. The number of hydrogen-bond acceptors (Lipinski definition) is 5. The number of carbonyl (C=O) groups excluding carboxylic acids is 1. The van der Waals surface area contributed by atoms with Crippen LogP contribution in [0.3, 0.4) is 0 Å². The fourth-order valence-electron chi connectivity index (χ4n) is 4.09. The number of nitrogens with one attached hydrogen (secondary N) is 1. The quantitative estimate of drug-likeness (QED) is 0.458. The van der Waals surface area contributed by atoms with Gasteiger partial charge in [-0.2, -0.15) is 5.10 Å². The van der Waals surface area contributed by atoms with Crippen LogP contribution in [0.2, 0.25) is 0 Å². The maximum absolute atomic E-state index is 13.5. The summed E-state index contributed by atoms with van der Waals surface area (Å²) in [6.07, 6.45) is 2.63. The first-order valence-electron chi connectivity index (χ1n) is 11.1. The number of sulfonamides is 1. The average molecular weight is 477 g/mol. The molecule has 9 heteroatoms. The molecule has 1 amide bonds. The van der Waals surface area contributed by atoms with E-state index in [0.29, 0.717) is 43.1 Å². The normalized spacial score (nSPS) is 14.9. The Morgan fingerprint density at radius 1 is 0.941 bits per heavy atom. The van der Waals surface area contributed by atoms with Gasteiger partial charge in [0.15, 0.2) is 5.76 Å². The van der Waals surface area contributed by atoms with Crippen LogP contribution >= 0.6 is 0 Å². The van der Waals surface area contributed by atoms with E-state index < -0.39 is 10.0 Å². The van der Waals surface area contributed by atoms with Crippen LogP contribution < -0.4 is 4.72 Å². The number of aromatic nitrogens is 2. The summed E-state index contributed by atoms with van der Waals surface area (Å²) in [7, 11) is -3.59. The van der Waals surface area contributed by atoms with E-state index in [1.807, 2.05) is 30.3 Å². The van der Waals surface area contributed by atoms with Gasteiger partial charge in [-0.15, -0.1) is 0 Å². The zero-order valence-electron chi connectivity index (χ0n) is 18.4. The Hall–Kier alpha value is -3.69. The largest absolute Gasteiger partial charge is 0.463 e. The second-order valence-electron chi connectivity index (χ2n) is 8.14. The van der Waals surface area contributed by atoms with Crippen LogP contribution in [0.25, 0.3) is 17.1 Å². The molecule has 1 aliphatic rings. The van der Waals surface area contributed by atoms with E-state index in [0.717, 1.165) is 5.69 Å². The van der Waals surface area contributed by atoms with E-state index in [4.69, 9.17) is 4.42 Å². The molecular weight excluding hydrogens is 452 g/mol. The molecule has 0 bridgehead atoms. The van der Waals surface area contributed by atoms with Gasteiger partial charge >= 0.3 is 0 Å². The van der Waals surface area contributed by atoms with Crippen molar-refractivity contribution in [2.45, 2.75) is 23.8 Å². The molecule has 0 spiro atoms. The van der Waals surface area contributed by atoms with Crippen molar-refractivity contribution in [2.24, 2.45) is 0 Å². The van der Waals surface area contributed by atoms with E-state index in [2.05, 4.69) is 9.82 Å². The summed E-state index contributed by atoms with van der Waals surface area (Å²) in [5.74, 6) is 0.427. The Morgan fingerprint density at radius 3 is 2.26 bits per heavy atom. The van der Waals surface area contributed by atoms with Crippen LogP contribution in [0.4, 0.5) is 0 Å². The van der Waals surface area contributed by atoms with Crippen molar-refractivity contribution in [3.63, 3.8) is 0 Å². The smallest absolute Gasteiger partial charge is 0.272 e. The molecule has 1 fully saturated rings. The fraction of sp³-hybridized carbons (Fsp3) is 0.200. The van der Waals surface area contributed by atoms with Gasteiger partial charge in [0.2, 0.25) is 10.0 Å². The number of benzene rings is 2. The first-order valence-corrected chi connectivity index (χ1v) is 12.6. The van der Waals surface area contributed by atoms with Crippen LogP contribution in [0.5, 0.6) is 0 Å². The van der Waals surface area contributed by atoms with E-state index in [1.165, 1.54) is 0 Å². The summed E-state index contributed by atoms with van der Waals surface area (Å²) < 4.78 is 35.2. The minimum Gasteiger partial charge on any atom is -0.463 e. The molecular formula is C25H24N4O4S. The van der Waals surface area contributed by atoms with Gasteiger partial charge in [-0.3, -0.25) is 4.79 Å². The molecule has 0 aliphatic carbocycles. The molecule has 8 nitrogen and oxygen atoms in total. The predicted octanol–water partition coefficient (Wildman–Crippen LogP) is 3.72. The number of carbonyl (C=O) groups is 1. The van der Waals surface area contributed by atoms with Crippen molar-refractivity contribution in [1.82, 2.24) is 19.4 Å². The summed E-state index contributed by atoms with van der Waals surface area (Å²) in [6, 6.07) is 22.9. The first kappa shape index (κ1) is 22.1. The van der Waals surface area contributed by atoms with Crippen molar-refractivity contribution in [3.05, 3.63) is 90.8 Å². The molecule has 1 N–H and O–H groups in total. The molecule has 0 unspecified atom stereocenters. The van der Waals surface area contributed by atoms with E-state index >= 15 is 0 Å². The molecule has 0 atom stereocenters. The molecule has 2 aromatic heterocycles. The van der Waals surface area contributed by atoms with E-state index in [1.54, 1.807) is 64.4 Å². The zero-order chi connectivity index (χ0) is 23.5. The van der Waals surface area contributed by atoms with Crippen molar-refractivity contribution >= 4 is 15.9 Å². The lowest BCUT2D eigenvalue weighted by Crippen LogP contribution is -2.46. The Labute approximate surface area is 197 Å². The lowest BCUT2D eigenvalue weighted by molar-refractivity contribution is 0.0702. The first-order chi connectivity index (χ1) is 16.5. The predicted molar refractivity (Wildman–Crippen MR) is 127 cm³/mol. The maximum Gasteiger partial charge on any atom is 0.272 e. The molecule has 3 heterocycles. The molecule has 0 radical (unpaired) electrons. The number of likely N-dealkylation sites (tertiary alicyclic amines) is 1. The van der Waals surface area contributed by atoms with Gasteiger partial charge in [-0.05, 0) is 49.2 Å². The zero-order valence-corrected chi connectivity index (χ0v) is 19.2. The highest BCUT2D eigenvalue weighted by Crippen LogP contribution is 2.24. The van der Waals surface area contributed by atoms with E-state index in [-0.39, 0.29) is 16.8 Å². The average Bonchev–Trinajstić information content (AvgIpc) is 3.55. The van der Waals surface area contributed by atoms with Gasteiger partial charge in [0.25, 0.3) is 5.91 Å². The van der Waals surface area contributed by atoms with Gasteiger partial charge in [-0.1, -0.05) is 36.4 Å². The van der Waals surface area contributed by atoms with Crippen LogP contribution in [0.15, 0.2) is 94.4 Å². The molecule has 34 heavy (non-hydrogen) atoms. The van der Waals surface area contributed by atoms with Gasteiger partial charge in [0.05, 0.1) is 16.8 Å². The molecule has 1 aliphatic heterocycles. The standard InChI is InChI=1S/C25H24N4O4S/c30-25(28-15-13-19(14-16-28)27-34(31,32)21-10-5-2-6-11-21)23-18-22(24-12-7-17-33-24)26-29(23)20-8-3-1-4-9-20/h1-12,17-19,27H,13-16H2. The van der Waals surface area contributed by atoms with Gasteiger partial charge in [0.1, 0.15) is 11.4 Å². The minimum absolute atomic E-state index is 0.154. The highest BCUT2D eigenvalue weighted by atomic mass is 32.2. The number of amides is 1. The number of furan rings is 1. The summed E-state index contributed by atoms with van der Waals surface area (Å²) >= 11 is 0. The molecule has 5 rings (SSSR count). The highest BCUT2D eigenvalue weighted by Gasteiger charge is 2.29. The molecule has 1 saturated heterocycles. The Bertz CT molecular complexity index is 1360. The lowest BCUT2D eigenvalue weighted by atomic mass is 10.1. The monoisotopic (exact) mass is 476 g/mol. The summed E-state index contributed by atoms with van der Waals surface area (Å²) in [6.45, 7) is 0.883. The second kappa shape index (κ2) is 9.28. The van der Waals surface area contributed by atoms with E-state index in [9.17, 15) is 13.2 Å². The third kappa shape index (κ3) is 4.52. The Kier molecular flexibility index (Phi) is 6.04. The molecule has 174 valence electrons. The maximum atomic E-state index is 13.5. The van der Waals surface area contributed by atoms with Crippen LogP contribution in [0, 0.1) is 0 Å². The number of para-hydroxylation sites is 1. The fourth-order valence-corrected chi connectivity index (χ4v) is 5.42. The van der Waals surface area contributed by atoms with Crippen LogP contribution in [-0.2, 0) is 10.0 Å². The summed E-state index contributed by atoms with van der Waals surface area (Å²) in [5, 5.41) is 4.62. The highest BCUT2D eigenvalue weighted by molar-refractivity contribution is 7.89. The van der Waals surface area contributed by atoms with Crippen molar-refractivity contribution in [2.75, 3.05) is 13.1 Å². The van der Waals surface area contributed by atoms with Crippen LogP contribution in [-0.4, -0.2) is 48.1 Å². The van der Waals surface area contributed by atoms with Crippen LogP contribution in [0.1, 0.15) is 23.3 Å². The molecule has 4 aromatic rings. The topological polar surface area (TPSA) is 97.4 Å². The summed E-state index contributed by atoms with van der Waals surface area (Å²) in [5.41, 5.74) is 1.78. The Morgan fingerprint density at radius 2 is 1.62 bits per heavy atom. The summed E-state index contributed by atoms with van der Waals surface area (Å²) in [4.78, 5) is 15.5. The van der Waals surface area contributed by atoms with Gasteiger partial charge < -0.3 is 9.32 Å². The van der Waals surface area contributed by atoms with Crippen molar-refractivity contribution in [1.29, 1.82) is 0 Å². The minimum atomic E-state index is -3.59. The lowest BCUT2D eigenvalue weighted by Gasteiger charge is -2.32. The van der Waals surface area contributed by atoms with Crippen molar-refractivity contribution in [3.8, 4) is 17.1 Å². The van der Waals surface area contributed by atoms with Crippen molar-refractivity contribution < 1.29 is 17.6 Å². The second-order valence-corrected chi connectivity index (χ2v) is 9.85. The molecule has 0 saturated carbocycles.